The molecule has 0 aliphatic carbocycles. The Bertz CT molecular complexity index is 2070. The molecule has 6 aromatic rings. The summed E-state index contributed by atoms with van der Waals surface area (Å²) in [6, 6.07) is 37.3. The van der Waals surface area contributed by atoms with E-state index in [9.17, 15) is 0 Å². The molecule has 0 saturated heterocycles. The van der Waals surface area contributed by atoms with Crippen molar-refractivity contribution in [1.29, 1.82) is 0 Å². The maximum atomic E-state index is 5.86. The van der Waals surface area contributed by atoms with Crippen LogP contribution in [0.15, 0.2) is 109 Å². The first-order chi connectivity index (χ1) is 25.5. The molecule has 0 saturated carbocycles. The number of rotatable bonds is 2. The van der Waals surface area contributed by atoms with Crippen molar-refractivity contribution in [3.63, 3.8) is 0 Å². The molecule has 0 atom stereocenters. The van der Waals surface area contributed by atoms with Gasteiger partial charge in [-0.1, -0.05) is 117 Å². The Hall–Kier alpha value is -1.41. The number of alkyl halides is 6. The summed E-state index contributed by atoms with van der Waals surface area (Å²) in [7, 11) is 0. The van der Waals surface area contributed by atoms with Gasteiger partial charge in [0.1, 0.15) is 0 Å². The van der Waals surface area contributed by atoms with Crippen LogP contribution in [0.25, 0.3) is 21.5 Å². The van der Waals surface area contributed by atoms with E-state index in [1.165, 1.54) is 71.2 Å². The number of benzene rings is 4. The topological polar surface area (TPSA) is 0 Å². The molecule has 0 heterocycles. The molecular formula is C49H54Cl6Zr. The predicted molar refractivity (Wildman–Crippen MR) is 248 cm³/mol. The van der Waals surface area contributed by atoms with Gasteiger partial charge in [-0.05, 0) is 21.7 Å². The van der Waals surface area contributed by atoms with Crippen molar-refractivity contribution < 1.29 is 24.2 Å². The van der Waals surface area contributed by atoms with E-state index in [1.54, 1.807) is 0 Å². The van der Waals surface area contributed by atoms with Crippen LogP contribution in [0.3, 0.4) is 0 Å². The van der Waals surface area contributed by atoms with E-state index in [2.05, 4.69) is 113 Å². The van der Waals surface area contributed by atoms with E-state index >= 15 is 0 Å². The van der Waals surface area contributed by atoms with Crippen molar-refractivity contribution in [3.05, 3.63) is 154 Å². The fourth-order valence-electron chi connectivity index (χ4n) is 6.73. The monoisotopic (exact) mass is 942 g/mol. The van der Waals surface area contributed by atoms with Crippen molar-refractivity contribution in [2.75, 3.05) is 0 Å². The van der Waals surface area contributed by atoms with Gasteiger partial charge in [-0.2, -0.15) is 18.2 Å². The first kappa shape index (κ1) is 47.3. The second-order valence-electron chi connectivity index (χ2n) is 18.6. The van der Waals surface area contributed by atoms with Gasteiger partial charge in [-0.25, -0.2) is 12.1 Å². The van der Waals surface area contributed by atoms with Crippen molar-refractivity contribution in [1.82, 2.24) is 0 Å². The van der Waals surface area contributed by atoms with Crippen molar-refractivity contribution >= 4 is 94.4 Å². The first-order valence-corrected chi connectivity index (χ1v) is 22.3. The molecule has 0 aliphatic heterocycles. The summed E-state index contributed by atoms with van der Waals surface area (Å²) in [4.78, 5) is 0. The van der Waals surface area contributed by atoms with Gasteiger partial charge in [0.25, 0.3) is 0 Å². The Morgan fingerprint density at radius 3 is 0.964 bits per heavy atom. The Morgan fingerprint density at radius 1 is 0.446 bits per heavy atom. The van der Waals surface area contributed by atoms with Gasteiger partial charge in [0.2, 0.25) is 0 Å². The molecule has 0 amide bonds. The minimum absolute atomic E-state index is 0.124. The number of fused-ring (bicyclic) bond motifs is 3. The van der Waals surface area contributed by atoms with Gasteiger partial charge in [-0.15, -0.1) is 39.7 Å². The van der Waals surface area contributed by atoms with Crippen LogP contribution in [0.2, 0.25) is 0 Å². The average Bonchev–Trinajstić information content (AvgIpc) is 3.77. The van der Waals surface area contributed by atoms with E-state index in [1.807, 2.05) is 78.9 Å². The molecule has 6 rings (SSSR count). The van der Waals surface area contributed by atoms with Gasteiger partial charge < -0.3 is 0 Å². The van der Waals surface area contributed by atoms with Gasteiger partial charge >= 0.3 is 175 Å². The Labute approximate surface area is 381 Å². The SMILES string of the molecule is CC(C)(C)c1cc2[cH-]c3cc(C(C)(C)C)c(C(C)(C)C)cc3c2cc1C(C)(C)C.ClC(Cl)(Cl)c1ccc([C](=[Zr+2])c2ccc(C(Cl)(Cl)Cl)cc2)cc1.c1cc[cH-]c1. The summed E-state index contributed by atoms with van der Waals surface area (Å²) in [5.41, 5.74) is 9.81. The standard InChI is InChI=1S/C29H41.C15H8Cl6.C5H5.Zr/c1-26(2,3)22-14-18-13-19-15-23(27(4,5)6)25(29(10,11)12)17-21(19)20(18)16-24(22)28(7,8)9;16-14(17,18)12-5-1-10(2-6-12)9-11-3-7-13(8-4-11)15(19,20)21;1-2-4-5-3-1;/h13-17H,1-12H3;1-8H;1-5H;/q-1;;-1;+2. The molecule has 7 heteroatoms. The predicted octanol–water partition coefficient (Wildman–Crippen LogP) is 16.8. The molecule has 0 aliphatic rings. The zero-order valence-corrected chi connectivity index (χ0v) is 41.7. The second-order valence-corrected chi connectivity index (χ2v) is 24.4. The minimum atomic E-state index is -1.41. The third-order valence-corrected chi connectivity index (χ3v) is 12.5. The third-order valence-electron chi connectivity index (χ3n) is 9.77. The van der Waals surface area contributed by atoms with E-state index < -0.39 is 7.59 Å². The van der Waals surface area contributed by atoms with Gasteiger partial charge in [0.15, 0.2) is 0 Å². The summed E-state index contributed by atoms with van der Waals surface area (Å²) in [5.74, 6) is 0. The maximum Gasteiger partial charge on any atom is -0.172 e. The zero-order chi connectivity index (χ0) is 42.2. The van der Waals surface area contributed by atoms with Crippen LogP contribution in [-0.2, 0) is 53.5 Å². The fourth-order valence-corrected chi connectivity index (χ4v) is 8.30. The van der Waals surface area contributed by atoms with Gasteiger partial charge in [0.05, 0.1) is 0 Å². The molecule has 296 valence electrons. The summed E-state index contributed by atoms with van der Waals surface area (Å²) in [6.45, 7) is 28.0. The van der Waals surface area contributed by atoms with Crippen LogP contribution in [0.5, 0.6) is 0 Å². The molecule has 0 aromatic heterocycles. The van der Waals surface area contributed by atoms with Crippen LogP contribution in [-0.4, -0.2) is 3.21 Å². The third kappa shape index (κ3) is 12.1. The zero-order valence-electron chi connectivity index (χ0n) is 34.7. The number of hydrogen-bond donors (Lipinski definition) is 0. The van der Waals surface area contributed by atoms with E-state index in [0.717, 1.165) is 11.1 Å². The van der Waals surface area contributed by atoms with Crippen molar-refractivity contribution in [3.8, 4) is 0 Å². The number of hydrogen-bond acceptors (Lipinski definition) is 0. The Balaban J connectivity index is 0.000000227. The van der Waals surface area contributed by atoms with Crippen LogP contribution < -0.4 is 0 Å². The molecule has 0 fully saturated rings. The maximum absolute atomic E-state index is 5.86. The molecule has 6 aromatic carbocycles. The molecule has 0 radical (unpaired) electrons. The van der Waals surface area contributed by atoms with E-state index in [-0.39, 0.29) is 21.7 Å². The first-order valence-electron chi connectivity index (χ1n) is 18.8. The molecular weight excluding hydrogens is 892 g/mol. The van der Waals surface area contributed by atoms with Crippen LogP contribution in [0.4, 0.5) is 0 Å². The summed E-state index contributed by atoms with van der Waals surface area (Å²) in [5, 5.41) is 5.57. The van der Waals surface area contributed by atoms with Gasteiger partial charge in [0, 0.05) is 0 Å². The molecule has 56 heavy (non-hydrogen) atoms. The number of halogens is 6. The quantitative estimate of drug-likeness (QED) is 0.120. The second kappa shape index (κ2) is 17.7. The van der Waals surface area contributed by atoms with Crippen LogP contribution in [0.1, 0.15) is 128 Å². The average molecular weight is 947 g/mol. The smallest absolute Gasteiger partial charge is 0.172 e. The Morgan fingerprint density at radius 2 is 0.732 bits per heavy atom. The molecule has 0 unspecified atom stereocenters. The van der Waals surface area contributed by atoms with Crippen molar-refractivity contribution in [2.24, 2.45) is 0 Å². The summed E-state index contributed by atoms with van der Waals surface area (Å²) in [6.07, 6.45) is 0. The van der Waals surface area contributed by atoms with Crippen molar-refractivity contribution in [2.45, 2.75) is 112 Å². The molecule has 0 bridgehead atoms. The fraction of sp³-hybridized carbons (Fsp3) is 0.367. The van der Waals surface area contributed by atoms with Crippen LogP contribution in [0, 0.1) is 0 Å². The Kier molecular flexibility index (Phi) is 14.9. The van der Waals surface area contributed by atoms with E-state index in [4.69, 9.17) is 69.6 Å². The summed E-state index contributed by atoms with van der Waals surface area (Å²) < 4.78 is -1.66. The minimum Gasteiger partial charge on any atom is -0.214 e. The molecule has 0 spiro atoms. The largest absolute Gasteiger partial charge is 0.214 e. The van der Waals surface area contributed by atoms with Crippen LogP contribution >= 0.6 is 69.6 Å². The normalized spacial score (nSPS) is 12.9. The molecule has 0 nitrogen and oxygen atoms in total. The van der Waals surface area contributed by atoms with Gasteiger partial charge in [-0.3, -0.25) is 0 Å². The molecule has 0 N–H and O–H groups in total. The van der Waals surface area contributed by atoms with E-state index in [0.29, 0.717) is 11.1 Å². The summed E-state index contributed by atoms with van der Waals surface area (Å²) >= 11 is 36.4.